The number of hydrogen-bond acceptors (Lipinski definition) is 5. The molecule has 0 spiro atoms. The third kappa shape index (κ3) is 6.65. The van der Waals surface area contributed by atoms with Gasteiger partial charge in [-0.15, -0.1) is 0 Å². The van der Waals surface area contributed by atoms with Crippen molar-refractivity contribution in [3.05, 3.63) is 89.0 Å². The van der Waals surface area contributed by atoms with Crippen molar-refractivity contribution in [2.75, 3.05) is 18.5 Å². The van der Waals surface area contributed by atoms with Gasteiger partial charge in [0.15, 0.2) is 6.61 Å². The molecular weight excluding hydrogens is 452 g/mol. The van der Waals surface area contributed by atoms with Crippen LogP contribution in [0.25, 0.3) is 0 Å². The van der Waals surface area contributed by atoms with Crippen LogP contribution in [-0.4, -0.2) is 29.7 Å². The minimum atomic E-state index is -0.850. The summed E-state index contributed by atoms with van der Waals surface area (Å²) < 4.78 is 11.7. The molecule has 190 valence electrons. The number of rotatable bonds is 10. The number of aliphatic hydroxyl groups is 1. The highest BCUT2D eigenvalue weighted by molar-refractivity contribution is 5.96. The van der Waals surface area contributed by atoms with Gasteiger partial charge in [-0.25, -0.2) is 0 Å². The smallest absolute Gasteiger partial charge is 0.262 e. The highest BCUT2D eigenvalue weighted by Gasteiger charge is 2.26. The molecule has 1 unspecified atom stereocenters. The van der Waals surface area contributed by atoms with Crippen molar-refractivity contribution in [1.82, 2.24) is 5.32 Å². The summed E-state index contributed by atoms with van der Waals surface area (Å²) in [4.78, 5) is 11.9. The normalized spacial score (nSPS) is 14.1. The first-order chi connectivity index (χ1) is 17.2. The fourth-order valence-electron chi connectivity index (χ4n) is 4.35. The van der Waals surface area contributed by atoms with Crippen molar-refractivity contribution in [2.24, 2.45) is 0 Å². The minimum Gasteiger partial charge on any atom is -0.489 e. The summed E-state index contributed by atoms with van der Waals surface area (Å²) in [7, 11) is 0. The lowest BCUT2D eigenvalue weighted by Gasteiger charge is -2.29. The average molecular weight is 489 g/mol. The van der Waals surface area contributed by atoms with Crippen molar-refractivity contribution in [2.45, 2.75) is 58.3 Å². The lowest BCUT2D eigenvalue weighted by molar-refractivity contribution is -0.118. The van der Waals surface area contributed by atoms with Crippen LogP contribution in [0.3, 0.4) is 0 Å². The zero-order chi connectivity index (χ0) is 25.7. The summed E-state index contributed by atoms with van der Waals surface area (Å²) in [5.74, 6) is 1.32. The van der Waals surface area contributed by atoms with Gasteiger partial charge in [0.2, 0.25) is 0 Å². The Labute approximate surface area is 213 Å². The van der Waals surface area contributed by atoms with Crippen molar-refractivity contribution in [3.63, 3.8) is 0 Å². The fourth-order valence-corrected chi connectivity index (χ4v) is 4.35. The minimum absolute atomic E-state index is 0.0811. The number of benzene rings is 3. The first kappa shape index (κ1) is 25.7. The Morgan fingerprint density at radius 1 is 1.06 bits per heavy atom. The van der Waals surface area contributed by atoms with E-state index in [0.29, 0.717) is 41.8 Å². The maximum absolute atomic E-state index is 11.9. The van der Waals surface area contributed by atoms with Gasteiger partial charge in [-0.3, -0.25) is 4.79 Å². The van der Waals surface area contributed by atoms with Crippen LogP contribution in [0.15, 0.2) is 66.7 Å². The molecule has 0 aliphatic carbocycles. The third-order valence-corrected chi connectivity index (χ3v) is 6.39. The molecule has 1 amide bonds. The van der Waals surface area contributed by atoms with Crippen molar-refractivity contribution < 1.29 is 19.4 Å². The molecular formula is C30H36N2O4. The van der Waals surface area contributed by atoms with Gasteiger partial charge in [0.25, 0.3) is 5.91 Å². The third-order valence-electron chi connectivity index (χ3n) is 6.39. The number of carbonyl (C=O) groups excluding carboxylic acids is 1. The summed E-state index contributed by atoms with van der Waals surface area (Å²) in [5.41, 5.74) is 4.45. The quantitative estimate of drug-likeness (QED) is 0.358. The van der Waals surface area contributed by atoms with Gasteiger partial charge in [-0.1, -0.05) is 68.4 Å². The maximum atomic E-state index is 11.9. The number of β-amino-alcohol motifs (C(OH)–C–C–N with tert-alkyl or cyclic N) is 1. The number of carbonyl (C=O) groups is 1. The van der Waals surface area contributed by atoms with Crippen molar-refractivity contribution in [3.8, 4) is 11.5 Å². The van der Waals surface area contributed by atoms with Gasteiger partial charge in [0, 0.05) is 23.7 Å². The molecule has 36 heavy (non-hydrogen) atoms. The fraction of sp³-hybridized carbons (Fsp3) is 0.367. The van der Waals surface area contributed by atoms with Crippen LogP contribution < -0.4 is 20.1 Å². The predicted molar refractivity (Wildman–Crippen MR) is 143 cm³/mol. The summed E-state index contributed by atoms with van der Waals surface area (Å²) in [6.07, 6.45) is -0.0279. The second kappa shape index (κ2) is 11.1. The van der Waals surface area contributed by atoms with E-state index in [1.54, 1.807) is 12.1 Å². The molecule has 0 saturated heterocycles. The van der Waals surface area contributed by atoms with Gasteiger partial charge in [-0.05, 0) is 48.9 Å². The van der Waals surface area contributed by atoms with Crippen LogP contribution in [-0.2, 0) is 17.8 Å². The number of hydrogen-bond donors (Lipinski definition) is 3. The number of fused-ring (bicyclic) bond motifs is 1. The van der Waals surface area contributed by atoms with Gasteiger partial charge < -0.3 is 25.2 Å². The molecule has 1 heterocycles. The van der Waals surface area contributed by atoms with Gasteiger partial charge >= 0.3 is 0 Å². The molecule has 4 rings (SSSR count). The molecule has 1 atom stereocenters. The average Bonchev–Trinajstić information content (AvgIpc) is 2.86. The molecule has 3 aromatic carbocycles. The summed E-state index contributed by atoms with van der Waals surface area (Å²) in [5, 5.41) is 17.5. The number of nitrogens with one attached hydrogen (secondary N) is 2. The standard InChI is InChI=1S/C30H36N2O4/c1-20(2)23-12-10-21(11-13-23)16-30(3,4)31-17-27(33)25-14-24(35-18-22-8-6-5-7-9-22)15-26-29(25)36-19-28(34)32-26/h5-15,20,27,31,33H,16-19H2,1-4H3,(H,32,34). The van der Waals surface area contributed by atoms with Crippen LogP contribution in [0, 0.1) is 0 Å². The van der Waals surface area contributed by atoms with E-state index in [1.165, 1.54) is 11.1 Å². The first-order valence-corrected chi connectivity index (χ1v) is 12.5. The molecule has 6 nitrogen and oxygen atoms in total. The zero-order valence-electron chi connectivity index (χ0n) is 21.5. The molecule has 0 bridgehead atoms. The Bertz CT molecular complexity index is 1170. The van der Waals surface area contributed by atoms with E-state index in [0.717, 1.165) is 12.0 Å². The highest BCUT2D eigenvalue weighted by Crippen LogP contribution is 2.39. The van der Waals surface area contributed by atoms with E-state index < -0.39 is 6.10 Å². The van der Waals surface area contributed by atoms with Crippen molar-refractivity contribution in [1.29, 1.82) is 0 Å². The van der Waals surface area contributed by atoms with Crippen molar-refractivity contribution >= 4 is 11.6 Å². The van der Waals surface area contributed by atoms with Crippen LogP contribution in [0.2, 0.25) is 0 Å². The largest absolute Gasteiger partial charge is 0.489 e. The Kier molecular flexibility index (Phi) is 7.97. The van der Waals surface area contributed by atoms with E-state index in [-0.39, 0.29) is 18.1 Å². The Balaban J connectivity index is 1.46. The maximum Gasteiger partial charge on any atom is 0.262 e. The molecule has 0 radical (unpaired) electrons. The van der Waals surface area contributed by atoms with Gasteiger partial charge in [0.1, 0.15) is 18.1 Å². The van der Waals surface area contributed by atoms with E-state index in [1.807, 2.05) is 30.3 Å². The predicted octanol–water partition coefficient (Wildman–Crippen LogP) is 5.36. The number of aliphatic hydroxyl groups excluding tert-OH is 1. The molecule has 0 fully saturated rings. The molecule has 3 aromatic rings. The summed E-state index contributed by atoms with van der Waals surface area (Å²) >= 11 is 0. The zero-order valence-corrected chi connectivity index (χ0v) is 21.5. The van der Waals surface area contributed by atoms with E-state index in [9.17, 15) is 9.90 Å². The lowest BCUT2D eigenvalue weighted by Crippen LogP contribution is -2.43. The second-order valence-electron chi connectivity index (χ2n) is 10.4. The molecule has 1 aliphatic heterocycles. The van der Waals surface area contributed by atoms with E-state index in [4.69, 9.17) is 9.47 Å². The lowest BCUT2D eigenvalue weighted by atomic mass is 9.92. The van der Waals surface area contributed by atoms with Crippen LogP contribution in [0.4, 0.5) is 5.69 Å². The Hall–Kier alpha value is -3.35. The highest BCUT2D eigenvalue weighted by atomic mass is 16.5. The Morgan fingerprint density at radius 2 is 1.78 bits per heavy atom. The van der Waals surface area contributed by atoms with Gasteiger partial charge in [0.05, 0.1) is 11.8 Å². The van der Waals surface area contributed by atoms with E-state index >= 15 is 0 Å². The van der Waals surface area contributed by atoms with E-state index in [2.05, 4.69) is 62.6 Å². The molecule has 3 N–H and O–H groups in total. The topological polar surface area (TPSA) is 79.8 Å². The van der Waals surface area contributed by atoms with Crippen LogP contribution >= 0.6 is 0 Å². The number of anilines is 1. The number of ether oxygens (including phenoxy) is 2. The molecule has 0 saturated carbocycles. The summed E-state index contributed by atoms with van der Waals surface area (Å²) in [6.45, 7) is 9.26. The van der Waals surface area contributed by atoms with Crippen LogP contribution in [0.1, 0.15) is 62.0 Å². The molecule has 1 aliphatic rings. The number of amides is 1. The van der Waals surface area contributed by atoms with Gasteiger partial charge in [-0.2, -0.15) is 0 Å². The Morgan fingerprint density at radius 3 is 2.47 bits per heavy atom. The molecule has 0 aromatic heterocycles. The van der Waals surface area contributed by atoms with Crippen LogP contribution in [0.5, 0.6) is 11.5 Å². The monoisotopic (exact) mass is 488 g/mol. The molecule has 6 heteroatoms. The SMILES string of the molecule is CC(C)c1ccc(CC(C)(C)NCC(O)c2cc(OCc3ccccc3)cc3c2OCC(=O)N3)cc1. The second-order valence-corrected chi connectivity index (χ2v) is 10.4. The summed E-state index contributed by atoms with van der Waals surface area (Å²) in [6, 6.07) is 22.1. The first-order valence-electron chi connectivity index (χ1n) is 12.5.